The minimum absolute atomic E-state index is 0.122. The van der Waals surface area contributed by atoms with Crippen molar-refractivity contribution in [2.45, 2.75) is 44.2 Å². The second kappa shape index (κ2) is 3.86. The molecule has 86 valence electrons. The van der Waals surface area contributed by atoms with Crippen LogP contribution in [0, 0.1) is 0 Å². The van der Waals surface area contributed by atoms with Crippen molar-refractivity contribution < 1.29 is 0 Å². The van der Waals surface area contributed by atoms with Gasteiger partial charge in [0.1, 0.15) is 0 Å². The van der Waals surface area contributed by atoms with Crippen molar-refractivity contribution in [1.29, 1.82) is 0 Å². The molecule has 1 aromatic carbocycles. The molecule has 0 radical (unpaired) electrons. The van der Waals surface area contributed by atoms with Crippen LogP contribution in [0.3, 0.4) is 0 Å². The van der Waals surface area contributed by atoms with Crippen LogP contribution in [0.1, 0.15) is 36.0 Å². The highest BCUT2D eigenvalue weighted by Gasteiger charge is 2.37. The molecule has 16 heavy (non-hydrogen) atoms. The lowest BCUT2D eigenvalue weighted by Crippen LogP contribution is -2.35. The molecule has 0 saturated heterocycles. The molecule has 0 spiro atoms. The van der Waals surface area contributed by atoms with Gasteiger partial charge in [0, 0.05) is 18.6 Å². The molecule has 0 aliphatic heterocycles. The standard InChI is InChI=1S/C14H20N2/c15-14(6-7-14)10-16-9-11-4-5-12-2-1-3-13(12)8-11/h4-5,8,16H,1-3,6-7,9-10,15H2. The summed E-state index contributed by atoms with van der Waals surface area (Å²) in [5.74, 6) is 0. The van der Waals surface area contributed by atoms with Gasteiger partial charge in [0.2, 0.25) is 0 Å². The van der Waals surface area contributed by atoms with Crippen molar-refractivity contribution in [2.75, 3.05) is 6.54 Å². The quantitative estimate of drug-likeness (QED) is 0.805. The maximum Gasteiger partial charge on any atom is 0.0282 e. The van der Waals surface area contributed by atoms with E-state index in [9.17, 15) is 0 Å². The SMILES string of the molecule is NC1(CNCc2ccc3c(c2)CCC3)CC1. The highest BCUT2D eigenvalue weighted by atomic mass is 15.0. The Hall–Kier alpha value is -0.860. The Morgan fingerprint density at radius 1 is 1.19 bits per heavy atom. The van der Waals surface area contributed by atoms with Crippen LogP contribution in [0.15, 0.2) is 18.2 Å². The first-order chi connectivity index (χ1) is 7.75. The summed E-state index contributed by atoms with van der Waals surface area (Å²) in [7, 11) is 0. The fraction of sp³-hybridized carbons (Fsp3) is 0.571. The highest BCUT2D eigenvalue weighted by Crippen LogP contribution is 2.31. The molecule has 2 aliphatic carbocycles. The second-order valence-electron chi connectivity index (χ2n) is 5.42. The molecule has 0 atom stereocenters. The van der Waals surface area contributed by atoms with Crippen LogP contribution in [-0.4, -0.2) is 12.1 Å². The van der Waals surface area contributed by atoms with Crippen molar-refractivity contribution in [2.24, 2.45) is 5.73 Å². The maximum atomic E-state index is 6.04. The van der Waals surface area contributed by atoms with Gasteiger partial charge in [-0.1, -0.05) is 18.2 Å². The molecule has 2 nitrogen and oxygen atoms in total. The smallest absolute Gasteiger partial charge is 0.0282 e. The molecule has 0 heterocycles. The molecule has 0 amide bonds. The Morgan fingerprint density at radius 3 is 2.81 bits per heavy atom. The first-order valence-corrected chi connectivity index (χ1v) is 6.36. The number of nitrogens with two attached hydrogens (primary N) is 1. The molecule has 2 heteroatoms. The van der Waals surface area contributed by atoms with Gasteiger partial charge in [-0.3, -0.25) is 0 Å². The molecule has 0 bridgehead atoms. The summed E-state index contributed by atoms with van der Waals surface area (Å²) < 4.78 is 0. The van der Waals surface area contributed by atoms with Gasteiger partial charge in [-0.05, 0) is 48.8 Å². The number of hydrogen-bond donors (Lipinski definition) is 2. The summed E-state index contributed by atoms with van der Waals surface area (Å²) in [6, 6.07) is 6.92. The van der Waals surface area contributed by atoms with Gasteiger partial charge in [0.25, 0.3) is 0 Å². The third-order valence-corrected chi connectivity index (χ3v) is 3.86. The Morgan fingerprint density at radius 2 is 2.00 bits per heavy atom. The van der Waals surface area contributed by atoms with Crippen LogP contribution in [0.2, 0.25) is 0 Å². The van der Waals surface area contributed by atoms with Crippen LogP contribution in [0.5, 0.6) is 0 Å². The fourth-order valence-electron chi connectivity index (χ4n) is 2.53. The number of aryl methyl sites for hydroxylation is 2. The number of benzene rings is 1. The van der Waals surface area contributed by atoms with Crippen molar-refractivity contribution in [3.05, 3.63) is 34.9 Å². The van der Waals surface area contributed by atoms with E-state index in [1.54, 1.807) is 11.1 Å². The molecular formula is C14H20N2. The zero-order valence-corrected chi connectivity index (χ0v) is 9.76. The van der Waals surface area contributed by atoms with Crippen molar-refractivity contribution in [3.63, 3.8) is 0 Å². The monoisotopic (exact) mass is 216 g/mol. The van der Waals surface area contributed by atoms with Gasteiger partial charge < -0.3 is 11.1 Å². The Balaban J connectivity index is 1.58. The fourth-order valence-corrected chi connectivity index (χ4v) is 2.53. The summed E-state index contributed by atoms with van der Waals surface area (Å²) in [4.78, 5) is 0. The molecule has 2 aliphatic rings. The van der Waals surface area contributed by atoms with E-state index in [0.717, 1.165) is 13.1 Å². The Bertz CT molecular complexity index is 394. The minimum Gasteiger partial charge on any atom is -0.324 e. The number of nitrogens with one attached hydrogen (secondary N) is 1. The van der Waals surface area contributed by atoms with E-state index in [0.29, 0.717) is 0 Å². The first kappa shape index (κ1) is 10.3. The predicted molar refractivity (Wildman–Crippen MR) is 66.3 cm³/mol. The third kappa shape index (κ3) is 2.13. The second-order valence-corrected chi connectivity index (χ2v) is 5.42. The summed E-state index contributed by atoms with van der Waals surface area (Å²) in [6.45, 7) is 1.93. The van der Waals surface area contributed by atoms with Crippen LogP contribution < -0.4 is 11.1 Å². The highest BCUT2D eigenvalue weighted by molar-refractivity contribution is 5.35. The normalized spacial score (nSPS) is 20.8. The van der Waals surface area contributed by atoms with E-state index < -0.39 is 0 Å². The maximum absolute atomic E-state index is 6.04. The summed E-state index contributed by atoms with van der Waals surface area (Å²) in [6.07, 6.45) is 6.24. The van der Waals surface area contributed by atoms with Crippen molar-refractivity contribution >= 4 is 0 Å². The van der Waals surface area contributed by atoms with Gasteiger partial charge in [-0.2, -0.15) is 0 Å². The zero-order chi connectivity index (χ0) is 11.0. The van der Waals surface area contributed by atoms with Gasteiger partial charge in [0.05, 0.1) is 0 Å². The molecule has 1 saturated carbocycles. The van der Waals surface area contributed by atoms with Gasteiger partial charge in [-0.15, -0.1) is 0 Å². The van der Waals surface area contributed by atoms with E-state index in [4.69, 9.17) is 5.73 Å². The zero-order valence-electron chi connectivity index (χ0n) is 9.76. The largest absolute Gasteiger partial charge is 0.324 e. The topological polar surface area (TPSA) is 38.0 Å². The molecular weight excluding hydrogens is 196 g/mol. The van der Waals surface area contributed by atoms with E-state index in [-0.39, 0.29) is 5.54 Å². The van der Waals surface area contributed by atoms with E-state index in [2.05, 4.69) is 23.5 Å². The van der Waals surface area contributed by atoms with Gasteiger partial charge in [0.15, 0.2) is 0 Å². The average molecular weight is 216 g/mol. The number of hydrogen-bond acceptors (Lipinski definition) is 2. The summed E-state index contributed by atoms with van der Waals surface area (Å²) in [5, 5.41) is 3.47. The van der Waals surface area contributed by atoms with E-state index >= 15 is 0 Å². The average Bonchev–Trinajstić information content (AvgIpc) is 2.84. The molecule has 3 N–H and O–H groups in total. The van der Waals surface area contributed by atoms with Crippen LogP contribution in [-0.2, 0) is 19.4 Å². The molecule has 1 fully saturated rings. The van der Waals surface area contributed by atoms with Gasteiger partial charge >= 0.3 is 0 Å². The molecule has 0 unspecified atom stereocenters. The third-order valence-electron chi connectivity index (χ3n) is 3.86. The van der Waals surface area contributed by atoms with Crippen molar-refractivity contribution in [1.82, 2.24) is 5.32 Å². The lowest BCUT2D eigenvalue weighted by molar-refractivity contribution is 0.569. The van der Waals surface area contributed by atoms with Crippen LogP contribution in [0.4, 0.5) is 0 Å². The van der Waals surface area contributed by atoms with E-state index in [1.165, 1.54) is 37.7 Å². The lowest BCUT2D eigenvalue weighted by atomic mass is 10.1. The molecule has 3 rings (SSSR count). The molecule has 0 aromatic heterocycles. The lowest BCUT2D eigenvalue weighted by Gasteiger charge is -2.11. The molecule has 1 aromatic rings. The summed E-state index contributed by atoms with van der Waals surface area (Å²) in [5.41, 5.74) is 10.7. The van der Waals surface area contributed by atoms with Crippen LogP contribution in [0.25, 0.3) is 0 Å². The van der Waals surface area contributed by atoms with Crippen molar-refractivity contribution in [3.8, 4) is 0 Å². The number of fused-ring (bicyclic) bond motifs is 1. The Labute approximate surface area is 97.2 Å². The number of rotatable bonds is 4. The van der Waals surface area contributed by atoms with Gasteiger partial charge in [-0.25, -0.2) is 0 Å². The van der Waals surface area contributed by atoms with Crippen LogP contribution >= 0.6 is 0 Å². The predicted octanol–water partition coefficient (Wildman–Crippen LogP) is 1.76. The first-order valence-electron chi connectivity index (χ1n) is 6.36. The minimum atomic E-state index is 0.122. The Kier molecular flexibility index (Phi) is 2.49. The summed E-state index contributed by atoms with van der Waals surface area (Å²) >= 11 is 0. The van der Waals surface area contributed by atoms with E-state index in [1.807, 2.05) is 0 Å².